The number of likely N-dealkylation sites (N-methyl/N-ethyl adjacent to an activating group) is 1. The van der Waals surface area contributed by atoms with E-state index in [-0.39, 0.29) is 0 Å². The van der Waals surface area contributed by atoms with Gasteiger partial charge in [0.15, 0.2) is 0 Å². The van der Waals surface area contributed by atoms with Gasteiger partial charge >= 0.3 is 0 Å². The Morgan fingerprint density at radius 3 is 2.58 bits per heavy atom. The first-order valence-corrected chi connectivity index (χ1v) is 7.70. The number of aromatic hydroxyl groups is 1. The third-order valence-corrected chi connectivity index (χ3v) is 4.54. The molecule has 19 heavy (non-hydrogen) atoms. The van der Waals surface area contributed by atoms with Crippen molar-refractivity contribution in [1.82, 2.24) is 5.32 Å². The fourth-order valence-corrected chi connectivity index (χ4v) is 3.78. The van der Waals surface area contributed by atoms with Gasteiger partial charge in [-0.15, -0.1) is 0 Å². The molecule has 0 aliphatic heterocycles. The van der Waals surface area contributed by atoms with Crippen LogP contribution < -0.4 is 5.32 Å². The number of phenols is 1. The molecule has 0 saturated heterocycles. The largest absolute Gasteiger partial charge is 0.508 e. The van der Waals surface area contributed by atoms with E-state index < -0.39 is 0 Å². The molecule has 0 bridgehead atoms. The second-order valence-electron chi connectivity index (χ2n) is 5.85. The number of hydrogen-bond acceptors (Lipinski definition) is 2. The van der Waals surface area contributed by atoms with Crippen LogP contribution in [0.5, 0.6) is 5.75 Å². The highest BCUT2D eigenvalue weighted by molar-refractivity contribution is 5.40. The molecule has 3 atom stereocenters. The van der Waals surface area contributed by atoms with Gasteiger partial charge in [0.2, 0.25) is 0 Å². The molecule has 2 N–H and O–H groups in total. The summed E-state index contributed by atoms with van der Waals surface area (Å²) in [7, 11) is 2.09. The van der Waals surface area contributed by atoms with E-state index in [1.165, 1.54) is 36.8 Å². The second-order valence-corrected chi connectivity index (χ2v) is 5.85. The van der Waals surface area contributed by atoms with Crippen molar-refractivity contribution in [3.8, 4) is 5.75 Å². The lowest BCUT2D eigenvalue weighted by atomic mass is 9.70. The van der Waals surface area contributed by atoms with Gasteiger partial charge in [-0.05, 0) is 61.4 Å². The van der Waals surface area contributed by atoms with Gasteiger partial charge < -0.3 is 10.4 Å². The van der Waals surface area contributed by atoms with E-state index in [0.29, 0.717) is 17.7 Å². The quantitative estimate of drug-likeness (QED) is 0.844. The maximum Gasteiger partial charge on any atom is 0.115 e. The van der Waals surface area contributed by atoms with Crippen LogP contribution in [0.15, 0.2) is 18.2 Å². The summed E-state index contributed by atoms with van der Waals surface area (Å²) in [5.41, 5.74) is 2.81. The van der Waals surface area contributed by atoms with Crippen molar-refractivity contribution in [2.45, 2.75) is 57.9 Å². The summed E-state index contributed by atoms with van der Waals surface area (Å²) in [4.78, 5) is 0. The van der Waals surface area contributed by atoms with Crippen LogP contribution in [0.25, 0.3) is 0 Å². The van der Waals surface area contributed by atoms with Crippen LogP contribution in [0.2, 0.25) is 0 Å². The highest BCUT2D eigenvalue weighted by Gasteiger charge is 2.34. The summed E-state index contributed by atoms with van der Waals surface area (Å²) < 4.78 is 0. The molecule has 0 spiro atoms. The molecule has 106 valence electrons. The molecule has 1 aliphatic carbocycles. The van der Waals surface area contributed by atoms with Crippen molar-refractivity contribution < 1.29 is 5.11 Å². The summed E-state index contributed by atoms with van der Waals surface area (Å²) in [5, 5.41) is 13.3. The van der Waals surface area contributed by atoms with Gasteiger partial charge in [-0.2, -0.15) is 0 Å². The molecule has 0 heterocycles. The fraction of sp³-hybridized carbons (Fsp3) is 0.647. The first kappa shape index (κ1) is 14.4. The van der Waals surface area contributed by atoms with Crippen molar-refractivity contribution in [2.24, 2.45) is 5.92 Å². The van der Waals surface area contributed by atoms with Gasteiger partial charge in [0.05, 0.1) is 0 Å². The van der Waals surface area contributed by atoms with Crippen LogP contribution in [0, 0.1) is 5.92 Å². The standard InChI is InChI=1S/C17H27NO/c1-4-6-13-10-12-8-9-14(19)11-16(12)15(7-5-2)17(13)18-3/h8-9,11,13,15,17-19H,4-7,10H2,1-3H3/t13-,15+,17-/m0/s1. The first-order chi connectivity index (χ1) is 9.21. The Balaban J connectivity index is 2.37. The van der Waals surface area contributed by atoms with E-state index in [2.05, 4.69) is 32.3 Å². The lowest BCUT2D eigenvalue weighted by Crippen LogP contribution is -2.43. The molecule has 0 unspecified atom stereocenters. The van der Waals surface area contributed by atoms with Gasteiger partial charge in [0.25, 0.3) is 0 Å². The first-order valence-electron chi connectivity index (χ1n) is 7.70. The summed E-state index contributed by atoms with van der Waals surface area (Å²) in [6.45, 7) is 4.52. The average Bonchev–Trinajstić information content (AvgIpc) is 2.40. The summed E-state index contributed by atoms with van der Waals surface area (Å²) in [6, 6.07) is 6.50. The molecular weight excluding hydrogens is 234 g/mol. The van der Waals surface area contributed by atoms with Crippen molar-refractivity contribution in [3.05, 3.63) is 29.3 Å². The van der Waals surface area contributed by atoms with Gasteiger partial charge in [-0.1, -0.05) is 32.8 Å². The number of rotatable bonds is 5. The van der Waals surface area contributed by atoms with Crippen molar-refractivity contribution in [2.75, 3.05) is 7.05 Å². The minimum atomic E-state index is 0.406. The highest BCUT2D eigenvalue weighted by atomic mass is 16.3. The zero-order valence-electron chi connectivity index (χ0n) is 12.4. The third kappa shape index (κ3) is 2.94. The topological polar surface area (TPSA) is 32.3 Å². The lowest BCUT2D eigenvalue weighted by Gasteiger charge is -2.40. The lowest BCUT2D eigenvalue weighted by molar-refractivity contribution is 0.271. The van der Waals surface area contributed by atoms with Crippen LogP contribution in [-0.2, 0) is 6.42 Å². The Kier molecular flexibility index (Phi) is 4.87. The Hall–Kier alpha value is -1.02. The van der Waals surface area contributed by atoms with Gasteiger partial charge in [0, 0.05) is 6.04 Å². The summed E-state index contributed by atoms with van der Waals surface area (Å²) >= 11 is 0. The smallest absolute Gasteiger partial charge is 0.115 e. The molecule has 0 saturated carbocycles. The summed E-state index contributed by atoms with van der Waals surface area (Å²) in [5.74, 6) is 1.68. The predicted molar refractivity (Wildman–Crippen MR) is 80.7 cm³/mol. The number of nitrogens with one attached hydrogen (secondary N) is 1. The van der Waals surface area contributed by atoms with E-state index in [0.717, 1.165) is 12.3 Å². The van der Waals surface area contributed by atoms with Gasteiger partial charge in [-0.3, -0.25) is 0 Å². The van der Waals surface area contributed by atoms with Crippen LogP contribution in [-0.4, -0.2) is 18.2 Å². The second kappa shape index (κ2) is 6.42. The number of hydrogen-bond donors (Lipinski definition) is 2. The predicted octanol–water partition coefficient (Wildman–Crippen LogP) is 3.84. The van der Waals surface area contributed by atoms with Crippen LogP contribution >= 0.6 is 0 Å². The molecule has 2 nitrogen and oxygen atoms in total. The van der Waals surface area contributed by atoms with Gasteiger partial charge in [0.1, 0.15) is 5.75 Å². The number of fused-ring (bicyclic) bond motifs is 1. The van der Waals surface area contributed by atoms with E-state index in [1.807, 2.05) is 12.1 Å². The van der Waals surface area contributed by atoms with E-state index in [9.17, 15) is 5.11 Å². The van der Waals surface area contributed by atoms with E-state index >= 15 is 0 Å². The van der Waals surface area contributed by atoms with Crippen LogP contribution in [0.1, 0.15) is 56.6 Å². The average molecular weight is 261 g/mol. The van der Waals surface area contributed by atoms with Crippen molar-refractivity contribution >= 4 is 0 Å². The Labute approximate surface area is 117 Å². The minimum Gasteiger partial charge on any atom is -0.508 e. The zero-order valence-corrected chi connectivity index (χ0v) is 12.4. The minimum absolute atomic E-state index is 0.406. The molecule has 1 aromatic carbocycles. The molecule has 0 fully saturated rings. The molecule has 1 aliphatic rings. The maximum absolute atomic E-state index is 9.78. The van der Waals surface area contributed by atoms with Crippen LogP contribution in [0.4, 0.5) is 0 Å². The zero-order chi connectivity index (χ0) is 13.8. The number of benzene rings is 1. The molecule has 2 heteroatoms. The fourth-order valence-electron chi connectivity index (χ4n) is 3.78. The molecule has 0 amide bonds. The van der Waals surface area contributed by atoms with Crippen molar-refractivity contribution in [3.63, 3.8) is 0 Å². The normalized spacial score (nSPS) is 26.2. The van der Waals surface area contributed by atoms with E-state index in [4.69, 9.17) is 0 Å². The SMILES string of the molecule is CCC[C@H]1Cc2ccc(O)cc2[C@@H](CCC)[C@H]1NC. The summed E-state index contributed by atoms with van der Waals surface area (Å²) in [6.07, 6.45) is 6.06. The van der Waals surface area contributed by atoms with Gasteiger partial charge in [-0.25, -0.2) is 0 Å². The maximum atomic E-state index is 9.78. The Morgan fingerprint density at radius 1 is 1.21 bits per heavy atom. The molecule has 1 aromatic rings. The highest BCUT2D eigenvalue weighted by Crippen LogP contribution is 2.40. The molecule has 0 radical (unpaired) electrons. The molecular formula is C17H27NO. The molecule has 0 aromatic heterocycles. The molecule has 2 rings (SSSR count). The third-order valence-electron chi connectivity index (χ3n) is 4.54. The van der Waals surface area contributed by atoms with Crippen molar-refractivity contribution in [1.29, 1.82) is 0 Å². The Morgan fingerprint density at radius 2 is 1.95 bits per heavy atom. The van der Waals surface area contributed by atoms with Crippen LogP contribution in [0.3, 0.4) is 0 Å². The monoisotopic (exact) mass is 261 g/mol. The Bertz CT molecular complexity index is 416. The number of phenolic OH excluding ortho intramolecular Hbond substituents is 1. The van der Waals surface area contributed by atoms with E-state index in [1.54, 1.807) is 0 Å².